The fourth-order valence-corrected chi connectivity index (χ4v) is 6.66. The zero-order valence-corrected chi connectivity index (χ0v) is 26.5. The number of carbonyl (C=O) groups is 2. The molecule has 1 rings (SSSR count). The zero-order chi connectivity index (χ0) is 29.5. The lowest BCUT2D eigenvalue weighted by Gasteiger charge is -2.46. The molecule has 1 fully saturated rings. The summed E-state index contributed by atoms with van der Waals surface area (Å²) >= 11 is 0. The van der Waals surface area contributed by atoms with Crippen molar-refractivity contribution in [1.29, 1.82) is 0 Å². The van der Waals surface area contributed by atoms with Crippen LogP contribution in [0.2, 0.25) is 0 Å². The van der Waals surface area contributed by atoms with E-state index in [1.54, 1.807) is 0 Å². The number of nitrogens with one attached hydrogen (secondary N) is 1. The predicted molar refractivity (Wildman–Crippen MR) is 168 cm³/mol. The summed E-state index contributed by atoms with van der Waals surface area (Å²) < 4.78 is 11.0. The van der Waals surface area contributed by atoms with Crippen molar-refractivity contribution in [3.05, 3.63) is 25.3 Å². The van der Waals surface area contributed by atoms with E-state index in [1.807, 2.05) is 12.2 Å². The van der Waals surface area contributed by atoms with Crippen molar-refractivity contribution >= 4 is 12.1 Å². The van der Waals surface area contributed by atoms with Crippen LogP contribution < -0.4 is 5.32 Å². The number of carbonyl (C=O) groups excluding carboxylic acids is 2. The molecule has 1 saturated carbocycles. The van der Waals surface area contributed by atoms with Gasteiger partial charge < -0.3 is 14.8 Å². The molecule has 5 heteroatoms. The first-order chi connectivity index (χ1) is 19.2. The van der Waals surface area contributed by atoms with E-state index < -0.39 is 0 Å². The maximum atomic E-state index is 12.6. The lowest BCUT2D eigenvalue weighted by atomic mass is 9.60. The molecule has 0 aromatic rings. The van der Waals surface area contributed by atoms with Crippen LogP contribution in [-0.4, -0.2) is 31.8 Å². The molecule has 0 heterocycles. The lowest BCUT2D eigenvalue weighted by Crippen LogP contribution is -2.44. The molecule has 0 aromatic heterocycles. The average Bonchev–Trinajstić information content (AvgIpc) is 2.88. The molecule has 0 spiro atoms. The molecule has 1 aliphatic rings. The Balaban J connectivity index is 2.21. The van der Waals surface area contributed by atoms with Crippen LogP contribution in [-0.2, 0) is 14.3 Å². The number of amides is 1. The topological polar surface area (TPSA) is 64.6 Å². The maximum Gasteiger partial charge on any atom is 0.407 e. The molecule has 0 aliphatic heterocycles. The normalized spacial score (nSPS) is 20.0. The van der Waals surface area contributed by atoms with Gasteiger partial charge in [0.05, 0.1) is 13.2 Å². The number of unbranched alkanes of at least 4 members (excludes halogenated alkanes) is 14. The lowest BCUT2D eigenvalue weighted by molar-refractivity contribution is -0.146. The summed E-state index contributed by atoms with van der Waals surface area (Å²) in [7, 11) is 0. The van der Waals surface area contributed by atoms with Gasteiger partial charge in [0.15, 0.2) is 0 Å². The molecule has 1 amide bonds. The van der Waals surface area contributed by atoms with Gasteiger partial charge in [-0.05, 0) is 74.5 Å². The molecular weight excluding hydrogens is 498 g/mol. The molecule has 0 aromatic carbocycles. The highest BCUT2D eigenvalue weighted by Crippen LogP contribution is 2.49. The SMILES string of the molecule is C=CCCCCCCCCCOC(=O)CC1CC(C)(C)CC(C)(CNC(=O)OCCCCCCCCCC=C)C1. The second kappa shape index (κ2) is 21.9. The van der Waals surface area contributed by atoms with E-state index in [2.05, 4.69) is 39.2 Å². The Labute approximate surface area is 247 Å². The standard InChI is InChI=1S/C35H63NO4/c1-6-8-10-12-14-16-18-20-22-24-39-32(37)26-31-27-34(3,4)29-35(5,28-31)30-36-33(38)40-25-23-21-19-17-15-13-11-9-7-2/h6-7,31H,1-2,8-30H2,3-5H3,(H,36,38). The summed E-state index contributed by atoms with van der Waals surface area (Å²) in [6.45, 7) is 15.9. The smallest absolute Gasteiger partial charge is 0.407 e. The van der Waals surface area contributed by atoms with E-state index in [1.165, 1.54) is 64.2 Å². The Kier molecular flexibility index (Phi) is 19.8. The minimum Gasteiger partial charge on any atom is -0.466 e. The van der Waals surface area contributed by atoms with E-state index in [9.17, 15) is 9.59 Å². The van der Waals surface area contributed by atoms with Gasteiger partial charge >= 0.3 is 12.1 Å². The molecule has 1 aliphatic carbocycles. The van der Waals surface area contributed by atoms with Crippen molar-refractivity contribution < 1.29 is 19.1 Å². The number of hydrogen-bond acceptors (Lipinski definition) is 4. The second-order valence-corrected chi connectivity index (χ2v) is 13.4. The molecule has 40 heavy (non-hydrogen) atoms. The number of allylic oxidation sites excluding steroid dienone is 2. The number of hydrogen-bond donors (Lipinski definition) is 1. The van der Waals surface area contributed by atoms with E-state index in [4.69, 9.17) is 9.47 Å². The van der Waals surface area contributed by atoms with E-state index in [0.29, 0.717) is 26.2 Å². The van der Waals surface area contributed by atoms with E-state index >= 15 is 0 Å². The van der Waals surface area contributed by atoms with Gasteiger partial charge in [-0.2, -0.15) is 0 Å². The number of esters is 1. The van der Waals surface area contributed by atoms with Crippen molar-refractivity contribution in [2.24, 2.45) is 16.7 Å². The first-order valence-electron chi connectivity index (χ1n) is 16.5. The third kappa shape index (κ3) is 19.3. The van der Waals surface area contributed by atoms with Crippen LogP contribution in [0.5, 0.6) is 0 Å². The van der Waals surface area contributed by atoms with Crippen molar-refractivity contribution in [2.45, 2.75) is 149 Å². The third-order valence-corrected chi connectivity index (χ3v) is 8.24. The van der Waals surface area contributed by atoms with Crippen LogP contribution in [0.1, 0.15) is 149 Å². The van der Waals surface area contributed by atoms with Gasteiger partial charge in [-0.15, -0.1) is 13.2 Å². The maximum absolute atomic E-state index is 12.6. The molecule has 2 unspecified atom stereocenters. The Morgan fingerprint density at radius 2 is 1.20 bits per heavy atom. The fourth-order valence-electron chi connectivity index (χ4n) is 6.66. The highest BCUT2D eigenvalue weighted by atomic mass is 16.5. The van der Waals surface area contributed by atoms with Gasteiger partial charge in [-0.25, -0.2) is 4.79 Å². The molecule has 1 N–H and O–H groups in total. The summed E-state index contributed by atoms with van der Waals surface area (Å²) in [5.41, 5.74) is 0.0733. The summed E-state index contributed by atoms with van der Waals surface area (Å²) in [5, 5.41) is 3.02. The molecular formula is C35H63NO4. The number of ether oxygens (including phenoxy) is 2. The minimum atomic E-state index is -0.318. The van der Waals surface area contributed by atoms with Crippen LogP contribution in [0.25, 0.3) is 0 Å². The van der Waals surface area contributed by atoms with Crippen LogP contribution in [0.4, 0.5) is 4.79 Å². The highest BCUT2D eigenvalue weighted by molar-refractivity contribution is 5.69. The first-order valence-corrected chi connectivity index (χ1v) is 16.5. The number of alkyl carbamates (subject to hydrolysis) is 1. The predicted octanol–water partition coefficient (Wildman–Crippen LogP) is 10.1. The van der Waals surface area contributed by atoms with Gasteiger partial charge in [-0.3, -0.25) is 4.79 Å². The van der Waals surface area contributed by atoms with Crippen molar-refractivity contribution in [3.8, 4) is 0 Å². The van der Waals surface area contributed by atoms with Crippen LogP contribution in [0, 0.1) is 16.7 Å². The van der Waals surface area contributed by atoms with Crippen molar-refractivity contribution in [1.82, 2.24) is 5.32 Å². The Bertz CT molecular complexity index is 704. The van der Waals surface area contributed by atoms with Crippen LogP contribution in [0.15, 0.2) is 25.3 Å². The largest absolute Gasteiger partial charge is 0.466 e. The quantitative estimate of drug-likeness (QED) is 0.0723. The molecule has 0 radical (unpaired) electrons. The van der Waals surface area contributed by atoms with Crippen molar-refractivity contribution in [2.75, 3.05) is 19.8 Å². The molecule has 2 atom stereocenters. The Hall–Kier alpha value is -1.78. The molecule has 0 saturated heterocycles. The first kappa shape index (κ1) is 36.2. The number of rotatable bonds is 24. The second-order valence-electron chi connectivity index (χ2n) is 13.4. The summed E-state index contributed by atoms with van der Waals surface area (Å²) in [6.07, 6.45) is 26.0. The van der Waals surface area contributed by atoms with Gasteiger partial charge in [0.1, 0.15) is 0 Å². The summed E-state index contributed by atoms with van der Waals surface area (Å²) in [5.74, 6) is 0.213. The summed E-state index contributed by atoms with van der Waals surface area (Å²) in [4.78, 5) is 24.9. The fraction of sp³-hybridized carbons (Fsp3) is 0.829. The Morgan fingerprint density at radius 3 is 1.73 bits per heavy atom. The third-order valence-electron chi connectivity index (χ3n) is 8.24. The zero-order valence-electron chi connectivity index (χ0n) is 26.5. The molecule has 0 bridgehead atoms. The van der Waals surface area contributed by atoms with Crippen LogP contribution >= 0.6 is 0 Å². The van der Waals surface area contributed by atoms with Gasteiger partial charge in [0.25, 0.3) is 0 Å². The van der Waals surface area contributed by atoms with E-state index in [0.717, 1.165) is 57.8 Å². The average molecular weight is 562 g/mol. The molecule has 232 valence electrons. The monoisotopic (exact) mass is 561 g/mol. The van der Waals surface area contributed by atoms with Crippen LogP contribution in [0.3, 0.4) is 0 Å². The van der Waals surface area contributed by atoms with E-state index in [-0.39, 0.29) is 28.8 Å². The van der Waals surface area contributed by atoms with Gasteiger partial charge in [0, 0.05) is 13.0 Å². The van der Waals surface area contributed by atoms with Gasteiger partial charge in [-0.1, -0.05) is 97.1 Å². The minimum absolute atomic E-state index is 0.0526. The Morgan fingerprint density at radius 1 is 0.725 bits per heavy atom. The molecule has 5 nitrogen and oxygen atoms in total. The van der Waals surface area contributed by atoms with Gasteiger partial charge in [0.2, 0.25) is 0 Å². The summed E-state index contributed by atoms with van der Waals surface area (Å²) in [6, 6.07) is 0. The van der Waals surface area contributed by atoms with Crippen molar-refractivity contribution in [3.63, 3.8) is 0 Å². The highest BCUT2D eigenvalue weighted by Gasteiger charge is 2.42.